The van der Waals surface area contributed by atoms with Crippen molar-refractivity contribution in [1.82, 2.24) is 0 Å². The van der Waals surface area contributed by atoms with Crippen LogP contribution in [-0.4, -0.2) is 14.2 Å². The predicted octanol–water partition coefficient (Wildman–Crippen LogP) is 3.44. The Bertz CT molecular complexity index is 594. The largest absolute Gasteiger partial charge is 0.224 e. The van der Waals surface area contributed by atoms with Crippen LogP contribution < -0.4 is 0 Å². The van der Waals surface area contributed by atoms with Gasteiger partial charge in [0, 0.05) is 0 Å². The fourth-order valence-electron chi connectivity index (χ4n) is 1.67. The molecule has 2 rings (SSSR count). The van der Waals surface area contributed by atoms with Crippen LogP contribution in [0.25, 0.3) is 0 Å². The molecule has 0 aliphatic heterocycles. The molecule has 0 saturated carbocycles. The summed E-state index contributed by atoms with van der Waals surface area (Å²) in [6.45, 7) is 0. The van der Waals surface area contributed by atoms with Gasteiger partial charge in [-0.1, -0.05) is 48.5 Å². The summed E-state index contributed by atoms with van der Waals surface area (Å²) in [5, 5.41) is -0.531. The van der Waals surface area contributed by atoms with Crippen LogP contribution in [0.3, 0.4) is 0 Å². The maximum absolute atomic E-state index is 12.1. The summed E-state index contributed by atoms with van der Waals surface area (Å²) in [6, 6.07) is 17.6. The summed E-state index contributed by atoms with van der Waals surface area (Å²) in [7, 11) is -3.34. The summed E-state index contributed by atoms with van der Waals surface area (Å²) in [6.07, 6.45) is 0. The molecular formula is C14H13ClO2S. The van der Waals surface area contributed by atoms with Crippen LogP contribution >= 0.6 is 11.6 Å². The van der Waals surface area contributed by atoms with Crippen molar-refractivity contribution in [2.75, 3.05) is 5.75 Å². The minimum absolute atomic E-state index is 0.0947. The minimum Gasteiger partial charge on any atom is -0.224 e. The maximum atomic E-state index is 12.1. The zero-order valence-electron chi connectivity index (χ0n) is 9.66. The lowest BCUT2D eigenvalue weighted by Crippen LogP contribution is -2.11. The molecule has 0 aromatic heterocycles. The lowest BCUT2D eigenvalue weighted by Gasteiger charge is -2.10. The minimum atomic E-state index is -3.34. The molecule has 0 heterocycles. The van der Waals surface area contributed by atoms with E-state index in [2.05, 4.69) is 0 Å². The molecule has 0 aliphatic rings. The lowest BCUT2D eigenvalue weighted by molar-refractivity contribution is 0.594. The van der Waals surface area contributed by atoms with Crippen molar-refractivity contribution >= 4 is 21.4 Å². The van der Waals surface area contributed by atoms with E-state index in [1.54, 1.807) is 30.3 Å². The quantitative estimate of drug-likeness (QED) is 0.804. The van der Waals surface area contributed by atoms with Gasteiger partial charge in [-0.2, -0.15) is 0 Å². The average Bonchev–Trinajstić information content (AvgIpc) is 2.40. The van der Waals surface area contributed by atoms with E-state index in [0.29, 0.717) is 4.90 Å². The molecule has 0 saturated heterocycles. The van der Waals surface area contributed by atoms with Gasteiger partial charge in [0.05, 0.1) is 16.0 Å². The predicted molar refractivity (Wildman–Crippen MR) is 73.5 cm³/mol. The molecule has 2 aromatic rings. The number of hydrogen-bond acceptors (Lipinski definition) is 2. The van der Waals surface area contributed by atoms with Gasteiger partial charge in [0.25, 0.3) is 0 Å². The fourth-order valence-corrected chi connectivity index (χ4v) is 3.66. The highest BCUT2D eigenvalue weighted by atomic mass is 35.5. The third-order valence-corrected chi connectivity index (χ3v) is 4.98. The van der Waals surface area contributed by atoms with Crippen molar-refractivity contribution in [2.45, 2.75) is 10.3 Å². The number of rotatable bonds is 4. The first kappa shape index (κ1) is 13.1. The van der Waals surface area contributed by atoms with E-state index >= 15 is 0 Å². The van der Waals surface area contributed by atoms with Crippen LogP contribution in [-0.2, 0) is 9.84 Å². The van der Waals surface area contributed by atoms with E-state index in [1.807, 2.05) is 30.3 Å². The molecule has 0 radical (unpaired) electrons. The van der Waals surface area contributed by atoms with Crippen molar-refractivity contribution in [3.63, 3.8) is 0 Å². The summed E-state index contributed by atoms with van der Waals surface area (Å²) < 4.78 is 24.3. The number of benzene rings is 2. The number of alkyl halides is 1. The fraction of sp³-hybridized carbons (Fsp3) is 0.143. The van der Waals surface area contributed by atoms with E-state index in [1.165, 1.54) is 0 Å². The molecule has 0 unspecified atom stereocenters. The first-order valence-electron chi connectivity index (χ1n) is 5.56. The highest BCUT2D eigenvalue weighted by Gasteiger charge is 2.20. The summed E-state index contributed by atoms with van der Waals surface area (Å²) in [5.41, 5.74) is 0.818. The van der Waals surface area contributed by atoms with E-state index < -0.39 is 15.2 Å². The highest BCUT2D eigenvalue weighted by molar-refractivity contribution is 7.91. The van der Waals surface area contributed by atoms with Crippen molar-refractivity contribution in [2.24, 2.45) is 0 Å². The average molecular weight is 281 g/mol. The third kappa shape index (κ3) is 3.12. The van der Waals surface area contributed by atoms with Crippen molar-refractivity contribution < 1.29 is 8.42 Å². The van der Waals surface area contributed by atoms with Crippen molar-refractivity contribution in [1.29, 1.82) is 0 Å². The Morgan fingerprint density at radius 2 is 1.39 bits per heavy atom. The molecule has 0 spiro atoms. The van der Waals surface area contributed by atoms with Gasteiger partial charge >= 0.3 is 0 Å². The molecule has 18 heavy (non-hydrogen) atoms. The van der Waals surface area contributed by atoms with Crippen molar-refractivity contribution in [3.05, 3.63) is 66.2 Å². The second kappa shape index (κ2) is 5.55. The van der Waals surface area contributed by atoms with Gasteiger partial charge in [0.15, 0.2) is 9.84 Å². The molecule has 94 valence electrons. The van der Waals surface area contributed by atoms with Crippen LogP contribution in [0.15, 0.2) is 65.6 Å². The summed E-state index contributed by atoms with van der Waals surface area (Å²) in [5.74, 6) is -0.0947. The molecule has 0 fully saturated rings. The van der Waals surface area contributed by atoms with Crippen LogP contribution in [0.1, 0.15) is 10.9 Å². The molecule has 0 N–H and O–H groups in total. The number of hydrogen-bond donors (Lipinski definition) is 0. The molecule has 2 nitrogen and oxygen atoms in total. The Morgan fingerprint density at radius 3 is 1.94 bits per heavy atom. The molecule has 0 bridgehead atoms. The number of halogens is 1. The topological polar surface area (TPSA) is 34.1 Å². The van der Waals surface area contributed by atoms with Gasteiger partial charge in [-0.15, -0.1) is 11.6 Å². The molecule has 0 aliphatic carbocycles. The Labute approximate surface area is 112 Å². The number of sulfone groups is 1. The first-order chi connectivity index (χ1) is 8.59. The standard InChI is InChI=1S/C14H13ClO2S/c15-14(12-7-3-1-4-8-12)11-18(16,17)13-9-5-2-6-10-13/h1-10,14H,11H2/t14-/m0/s1. The summed E-state index contributed by atoms with van der Waals surface area (Å²) >= 11 is 6.16. The van der Waals surface area contributed by atoms with Gasteiger partial charge in [0.1, 0.15) is 0 Å². The first-order valence-corrected chi connectivity index (χ1v) is 7.65. The van der Waals surface area contributed by atoms with E-state index in [9.17, 15) is 8.42 Å². The molecule has 0 amide bonds. The van der Waals surface area contributed by atoms with E-state index in [0.717, 1.165) is 5.56 Å². The molecule has 4 heteroatoms. The van der Waals surface area contributed by atoms with Crippen molar-refractivity contribution in [3.8, 4) is 0 Å². The third-order valence-electron chi connectivity index (χ3n) is 2.63. The Hall–Kier alpha value is -1.32. The summed E-state index contributed by atoms with van der Waals surface area (Å²) in [4.78, 5) is 0.312. The van der Waals surface area contributed by atoms with Crippen LogP contribution in [0.5, 0.6) is 0 Å². The maximum Gasteiger partial charge on any atom is 0.180 e. The van der Waals surface area contributed by atoms with Crippen LogP contribution in [0.2, 0.25) is 0 Å². The van der Waals surface area contributed by atoms with E-state index in [4.69, 9.17) is 11.6 Å². The van der Waals surface area contributed by atoms with Gasteiger partial charge in [-0.3, -0.25) is 0 Å². The molecule has 2 aromatic carbocycles. The second-order valence-electron chi connectivity index (χ2n) is 3.97. The zero-order chi connectivity index (χ0) is 13.0. The Balaban J connectivity index is 2.20. The van der Waals surface area contributed by atoms with Gasteiger partial charge in [0.2, 0.25) is 0 Å². The Morgan fingerprint density at radius 1 is 0.889 bits per heavy atom. The zero-order valence-corrected chi connectivity index (χ0v) is 11.2. The van der Waals surface area contributed by atoms with Gasteiger partial charge in [-0.25, -0.2) is 8.42 Å². The van der Waals surface area contributed by atoms with Gasteiger partial charge < -0.3 is 0 Å². The Kier molecular flexibility index (Phi) is 4.04. The lowest BCUT2D eigenvalue weighted by atomic mass is 10.2. The van der Waals surface area contributed by atoms with Crippen LogP contribution in [0, 0.1) is 0 Å². The highest BCUT2D eigenvalue weighted by Crippen LogP contribution is 2.24. The second-order valence-corrected chi connectivity index (χ2v) is 6.53. The monoisotopic (exact) mass is 280 g/mol. The smallest absolute Gasteiger partial charge is 0.180 e. The SMILES string of the molecule is O=S(=O)(C[C@H](Cl)c1ccccc1)c1ccccc1. The molecule has 1 atom stereocenters. The van der Waals surface area contributed by atoms with Gasteiger partial charge in [-0.05, 0) is 17.7 Å². The van der Waals surface area contributed by atoms with Crippen LogP contribution in [0.4, 0.5) is 0 Å². The van der Waals surface area contributed by atoms with E-state index in [-0.39, 0.29) is 5.75 Å². The molecular weight excluding hydrogens is 268 g/mol. The normalized spacial score (nSPS) is 13.2.